The van der Waals surface area contributed by atoms with Crippen molar-refractivity contribution in [2.45, 2.75) is 24.6 Å². The molecule has 0 radical (unpaired) electrons. The standard InChI is InChI=1S/C19H19BrFN7OS/c1-3-15-16(27-19(22)28(2)30(15)29)12-7-11(4-5-13(12)21)26-18-17-14(24-9-25-18)6-10(20)8-23-17/h4-9,15-16H,3H2,1-2H3,(H2,22,27)(H,24,25,26). The summed E-state index contributed by atoms with van der Waals surface area (Å²) < 4.78 is 29.7. The lowest BCUT2D eigenvalue weighted by Crippen LogP contribution is -2.46. The second-order valence-corrected chi connectivity index (χ2v) is 9.38. The fourth-order valence-corrected chi connectivity index (χ4v) is 5.01. The summed E-state index contributed by atoms with van der Waals surface area (Å²) in [6.45, 7) is 1.90. The van der Waals surface area contributed by atoms with E-state index < -0.39 is 22.8 Å². The summed E-state index contributed by atoms with van der Waals surface area (Å²) >= 11 is 3.38. The molecule has 0 saturated heterocycles. The second-order valence-electron chi connectivity index (χ2n) is 6.76. The van der Waals surface area contributed by atoms with Crippen molar-refractivity contribution in [1.82, 2.24) is 19.3 Å². The van der Waals surface area contributed by atoms with E-state index in [0.717, 1.165) is 4.47 Å². The molecule has 1 aliphatic rings. The molecule has 3 atom stereocenters. The summed E-state index contributed by atoms with van der Waals surface area (Å²) in [6, 6.07) is 5.79. The van der Waals surface area contributed by atoms with E-state index in [0.29, 0.717) is 34.5 Å². The number of hydrogen-bond donors (Lipinski definition) is 2. The van der Waals surface area contributed by atoms with E-state index in [1.807, 2.05) is 13.0 Å². The molecule has 11 heteroatoms. The molecule has 0 spiro atoms. The van der Waals surface area contributed by atoms with Crippen LogP contribution in [0.5, 0.6) is 0 Å². The van der Waals surface area contributed by atoms with Gasteiger partial charge in [0.1, 0.15) is 28.6 Å². The van der Waals surface area contributed by atoms with E-state index in [-0.39, 0.29) is 11.2 Å². The van der Waals surface area contributed by atoms with Crippen molar-refractivity contribution in [1.29, 1.82) is 0 Å². The minimum Gasteiger partial charge on any atom is -0.369 e. The highest BCUT2D eigenvalue weighted by Gasteiger charge is 2.36. The number of aliphatic imine (C=N–C) groups is 1. The quantitative estimate of drug-likeness (QED) is 0.578. The first-order chi connectivity index (χ1) is 14.4. The number of nitrogens with two attached hydrogens (primary N) is 1. The van der Waals surface area contributed by atoms with Gasteiger partial charge in [-0.15, -0.1) is 0 Å². The van der Waals surface area contributed by atoms with E-state index in [2.05, 4.69) is 41.2 Å². The molecule has 0 bridgehead atoms. The molecule has 2 aromatic heterocycles. The lowest BCUT2D eigenvalue weighted by atomic mass is 10.0. The van der Waals surface area contributed by atoms with E-state index in [1.165, 1.54) is 16.7 Å². The average Bonchev–Trinajstić information content (AvgIpc) is 2.73. The largest absolute Gasteiger partial charge is 0.369 e. The highest BCUT2D eigenvalue weighted by Crippen LogP contribution is 2.35. The van der Waals surface area contributed by atoms with Gasteiger partial charge < -0.3 is 11.1 Å². The molecule has 3 heterocycles. The monoisotopic (exact) mass is 491 g/mol. The Bertz CT molecular complexity index is 1170. The van der Waals surface area contributed by atoms with Crippen LogP contribution in [0.3, 0.4) is 0 Å². The Balaban J connectivity index is 1.74. The van der Waals surface area contributed by atoms with Gasteiger partial charge in [-0.05, 0) is 46.6 Å². The number of fused-ring (bicyclic) bond motifs is 1. The first kappa shape index (κ1) is 20.6. The van der Waals surface area contributed by atoms with Gasteiger partial charge in [-0.1, -0.05) is 6.92 Å². The summed E-state index contributed by atoms with van der Waals surface area (Å²) in [7, 11) is 0.217. The van der Waals surface area contributed by atoms with Crippen molar-refractivity contribution in [3.05, 3.63) is 52.6 Å². The number of hydrogen-bond acceptors (Lipinski definition) is 7. The van der Waals surface area contributed by atoms with Crippen LogP contribution >= 0.6 is 15.9 Å². The van der Waals surface area contributed by atoms with Gasteiger partial charge >= 0.3 is 0 Å². The maximum Gasteiger partial charge on any atom is 0.203 e. The van der Waals surface area contributed by atoms with Crippen molar-refractivity contribution in [2.75, 3.05) is 12.4 Å². The third-order valence-corrected chi connectivity index (χ3v) is 7.17. The van der Waals surface area contributed by atoms with E-state index in [9.17, 15) is 8.60 Å². The molecule has 0 fully saturated rings. The van der Waals surface area contributed by atoms with Gasteiger partial charge in [0.25, 0.3) is 0 Å². The molecule has 8 nitrogen and oxygen atoms in total. The second kappa shape index (κ2) is 8.23. The molecule has 1 aliphatic heterocycles. The van der Waals surface area contributed by atoms with Crippen LogP contribution in [0.15, 0.2) is 46.3 Å². The van der Waals surface area contributed by atoms with Crippen molar-refractivity contribution < 1.29 is 8.60 Å². The minimum atomic E-state index is -1.40. The zero-order chi connectivity index (χ0) is 21.4. The summed E-state index contributed by atoms with van der Waals surface area (Å²) in [5.74, 6) is 0.182. The van der Waals surface area contributed by atoms with E-state index >= 15 is 0 Å². The number of nitrogens with zero attached hydrogens (tertiary/aromatic N) is 5. The van der Waals surface area contributed by atoms with Crippen LogP contribution in [0.25, 0.3) is 11.0 Å². The summed E-state index contributed by atoms with van der Waals surface area (Å²) in [4.78, 5) is 17.3. The van der Waals surface area contributed by atoms with Crippen LogP contribution < -0.4 is 11.1 Å². The van der Waals surface area contributed by atoms with Gasteiger partial charge in [0.05, 0.1) is 16.8 Å². The zero-order valence-electron chi connectivity index (χ0n) is 16.2. The normalized spacial score (nSPS) is 21.5. The molecule has 30 heavy (non-hydrogen) atoms. The highest BCUT2D eigenvalue weighted by molar-refractivity contribution is 9.10. The number of rotatable bonds is 4. The predicted octanol–water partition coefficient (Wildman–Crippen LogP) is 3.41. The topological polar surface area (TPSA) is 109 Å². The number of aromatic nitrogens is 3. The van der Waals surface area contributed by atoms with Crippen LogP contribution in [0.1, 0.15) is 24.9 Å². The van der Waals surface area contributed by atoms with Gasteiger partial charge in [-0.3, -0.25) is 4.31 Å². The maximum absolute atomic E-state index is 14.8. The Morgan fingerprint density at radius 3 is 2.87 bits per heavy atom. The van der Waals surface area contributed by atoms with Crippen molar-refractivity contribution in [3.8, 4) is 0 Å². The fourth-order valence-electron chi connectivity index (χ4n) is 3.34. The van der Waals surface area contributed by atoms with Crippen molar-refractivity contribution in [3.63, 3.8) is 0 Å². The zero-order valence-corrected chi connectivity index (χ0v) is 18.6. The van der Waals surface area contributed by atoms with Crippen LogP contribution in [-0.4, -0.2) is 41.7 Å². The Morgan fingerprint density at radius 1 is 1.30 bits per heavy atom. The lowest BCUT2D eigenvalue weighted by molar-refractivity contribution is 0.527. The Hall–Kier alpha value is -2.66. The van der Waals surface area contributed by atoms with Crippen molar-refractivity contribution in [2.24, 2.45) is 10.7 Å². The SMILES string of the molecule is CCC1C(c2cc(Nc3ncnc4cc(Br)cnc34)ccc2F)N=C(N)N(C)S1=O. The summed E-state index contributed by atoms with van der Waals surface area (Å²) in [5, 5.41) is 2.79. The van der Waals surface area contributed by atoms with Crippen LogP contribution in [0.2, 0.25) is 0 Å². The number of benzene rings is 1. The maximum atomic E-state index is 14.8. The van der Waals surface area contributed by atoms with Gasteiger partial charge in [-0.2, -0.15) is 0 Å². The Labute approximate surface area is 183 Å². The van der Waals surface area contributed by atoms with Gasteiger partial charge in [0, 0.05) is 29.0 Å². The Kier molecular flexibility index (Phi) is 5.65. The third kappa shape index (κ3) is 3.74. The predicted molar refractivity (Wildman–Crippen MR) is 119 cm³/mol. The van der Waals surface area contributed by atoms with Crippen LogP contribution in [-0.2, 0) is 11.0 Å². The molecule has 3 aromatic rings. The van der Waals surface area contributed by atoms with Gasteiger partial charge in [0.2, 0.25) is 5.96 Å². The summed E-state index contributed by atoms with van der Waals surface area (Å²) in [6.07, 6.45) is 3.65. The van der Waals surface area contributed by atoms with Gasteiger partial charge in [-0.25, -0.2) is 28.5 Å². The smallest absolute Gasteiger partial charge is 0.203 e. The molecule has 0 aliphatic carbocycles. The molecule has 0 amide bonds. The average molecular weight is 492 g/mol. The van der Waals surface area contributed by atoms with Gasteiger partial charge in [0.15, 0.2) is 5.82 Å². The fraction of sp³-hybridized carbons (Fsp3) is 0.263. The van der Waals surface area contributed by atoms with Crippen LogP contribution in [0.4, 0.5) is 15.9 Å². The van der Waals surface area contributed by atoms with E-state index in [4.69, 9.17) is 5.73 Å². The number of nitrogens with one attached hydrogen (secondary N) is 1. The number of anilines is 2. The lowest BCUT2D eigenvalue weighted by Gasteiger charge is -2.33. The first-order valence-electron chi connectivity index (χ1n) is 9.19. The molecule has 3 N–H and O–H groups in total. The number of pyridine rings is 1. The molecular weight excluding hydrogens is 473 g/mol. The van der Waals surface area contributed by atoms with Crippen molar-refractivity contribution >= 4 is 55.4 Å². The van der Waals surface area contributed by atoms with E-state index in [1.54, 1.807) is 25.4 Å². The molecule has 156 valence electrons. The molecule has 1 aromatic carbocycles. The number of guanidine groups is 1. The first-order valence-corrected chi connectivity index (χ1v) is 11.2. The molecule has 4 rings (SSSR count). The minimum absolute atomic E-state index is 0.123. The Morgan fingerprint density at radius 2 is 2.10 bits per heavy atom. The highest BCUT2D eigenvalue weighted by atomic mass is 79.9. The van der Waals surface area contributed by atoms with Crippen LogP contribution in [0, 0.1) is 5.82 Å². The number of halogens is 2. The third-order valence-electron chi connectivity index (χ3n) is 4.90. The molecule has 3 unspecified atom stereocenters. The molecule has 0 saturated carbocycles. The summed E-state index contributed by atoms with van der Waals surface area (Å²) in [5.41, 5.74) is 8.09. The molecular formula is C19H19BrFN7OS.